The lowest BCUT2D eigenvalue weighted by Crippen LogP contribution is -2.34. The highest BCUT2D eigenvalue weighted by molar-refractivity contribution is 5.95. The van der Waals surface area contributed by atoms with Crippen LogP contribution in [-0.2, 0) is 21.9 Å². The SMILES string of the molecule is CCOC(=O)[C@H](c1ccc(OC)c(OC)c1)[C@H]1C=C[C@@H](NC(=O)c2cc(C(F)(F)F)cc(C(F)(F)F)c2)C1. The van der Waals surface area contributed by atoms with Gasteiger partial charge in [-0.15, -0.1) is 0 Å². The maximum absolute atomic E-state index is 13.2. The number of benzene rings is 2. The molecule has 12 heteroatoms. The summed E-state index contributed by atoms with van der Waals surface area (Å²) in [5.74, 6) is -2.17. The average molecular weight is 545 g/mol. The van der Waals surface area contributed by atoms with E-state index in [1.807, 2.05) is 0 Å². The molecule has 2 aromatic rings. The van der Waals surface area contributed by atoms with Crippen LogP contribution >= 0.6 is 0 Å². The van der Waals surface area contributed by atoms with Crippen LogP contribution in [0.15, 0.2) is 48.6 Å². The van der Waals surface area contributed by atoms with Crippen molar-refractivity contribution in [2.75, 3.05) is 20.8 Å². The number of carbonyl (C=O) groups excluding carboxylic acids is 2. The van der Waals surface area contributed by atoms with E-state index in [4.69, 9.17) is 14.2 Å². The molecule has 0 fully saturated rings. The van der Waals surface area contributed by atoms with E-state index in [1.165, 1.54) is 20.3 Å². The smallest absolute Gasteiger partial charge is 0.416 e. The van der Waals surface area contributed by atoms with Crippen molar-refractivity contribution in [2.45, 2.75) is 37.7 Å². The fourth-order valence-electron chi connectivity index (χ4n) is 4.26. The first-order valence-corrected chi connectivity index (χ1v) is 11.5. The third kappa shape index (κ3) is 6.59. The molecule has 6 nitrogen and oxygen atoms in total. The average Bonchev–Trinajstić information content (AvgIpc) is 3.30. The number of rotatable bonds is 8. The van der Waals surface area contributed by atoms with E-state index in [0.717, 1.165) is 0 Å². The third-order valence-electron chi connectivity index (χ3n) is 6.02. The number of esters is 1. The van der Waals surface area contributed by atoms with Crippen LogP contribution in [0.3, 0.4) is 0 Å². The van der Waals surface area contributed by atoms with Crippen LogP contribution in [0.5, 0.6) is 11.5 Å². The van der Waals surface area contributed by atoms with Crippen LogP contribution in [0.4, 0.5) is 26.3 Å². The van der Waals surface area contributed by atoms with E-state index in [1.54, 1.807) is 31.2 Å². The second kappa shape index (κ2) is 11.4. The quantitative estimate of drug-likeness (QED) is 0.259. The molecule has 38 heavy (non-hydrogen) atoms. The number of carbonyl (C=O) groups is 2. The summed E-state index contributed by atoms with van der Waals surface area (Å²) in [4.78, 5) is 25.6. The van der Waals surface area contributed by atoms with E-state index in [2.05, 4.69) is 5.32 Å². The number of alkyl halides is 6. The predicted molar refractivity (Wildman–Crippen MR) is 124 cm³/mol. The summed E-state index contributed by atoms with van der Waals surface area (Å²) in [6.07, 6.45) is -6.83. The predicted octanol–water partition coefficient (Wildman–Crippen LogP) is 5.76. The Hall–Kier alpha value is -3.70. The summed E-state index contributed by atoms with van der Waals surface area (Å²) in [6.45, 7) is 1.75. The molecule has 0 spiro atoms. The first kappa shape index (κ1) is 28.9. The molecule has 1 aliphatic rings. The standard InChI is InChI=1S/C26H25F6NO5/c1-4-38-24(35)22(15-6-8-20(36-2)21(12-15)37-3)14-5-7-19(11-14)33-23(34)16-9-17(25(27,28)29)13-18(10-16)26(30,31)32/h5-10,12-14,19,22H,4,11H2,1-3H3,(H,33,34)/t14-,19+,22-/m0/s1. The molecule has 0 radical (unpaired) electrons. The van der Waals surface area contributed by atoms with Gasteiger partial charge in [-0.25, -0.2) is 0 Å². The monoisotopic (exact) mass is 545 g/mol. The Morgan fingerprint density at radius 3 is 2.05 bits per heavy atom. The van der Waals surface area contributed by atoms with Gasteiger partial charge in [-0.3, -0.25) is 9.59 Å². The van der Waals surface area contributed by atoms with Crippen LogP contribution in [0.2, 0.25) is 0 Å². The van der Waals surface area contributed by atoms with Crippen LogP contribution in [0, 0.1) is 5.92 Å². The fourth-order valence-corrected chi connectivity index (χ4v) is 4.26. The number of halogens is 6. The summed E-state index contributed by atoms with van der Waals surface area (Å²) in [7, 11) is 2.88. The van der Waals surface area contributed by atoms with Gasteiger partial charge in [0.2, 0.25) is 0 Å². The van der Waals surface area contributed by atoms with Crippen LogP contribution < -0.4 is 14.8 Å². The number of hydrogen-bond donors (Lipinski definition) is 1. The van der Waals surface area contributed by atoms with Crippen molar-refractivity contribution in [3.63, 3.8) is 0 Å². The van der Waals surface area contributed by atoms with Crippen molar-refractivity contribution in [3.8, 4) is 11.5 Å². The van der Waals surface area contributed by atoms with E-state index in [0.29, 0.717) is 29.2 Å². The van der Waals surface area contributed by atoms with E-state index < -0.39 is 58.8 Å². The zero-order valence-corrected chi connectivity index (χ0v) is 20.6. The van der Waals surface area contributed by atoms with Crippen LogP contribution in [-0.4, -0.2) is 38.7 Å². The first-order valence-electron chi connectivity index (χ1n) is 11.5. The van der Waals surface area contributed by atoms with Crippen molar-refractivity contribution < 1.29 is 50.1 Å². The van der Waals surface area contributed by atoms with Gasteiger partial charge >= 0.3 is 18.3 Å². The van der Waals surface area contributed by atoms with E-state index in [9.17, 15) is 35.9 Å². The third-order valence-corrected chi connectivity index (χ3v) is 6.02. The Labute approximate surface area is 214 Å². The molecule has 3 atom stereocenters. The molecule has 0 bridgehead atoms. The number of allylic oxidation sites excluding steroid dienone is 1. The van der Waals surface area contributed by atoms with Gasteiger partial charge in [0.05, 0.1) is 37.9 Å². The minimum Gasteiger partial charge on any atom is -0.493 e. The molecule has 0 heterocycles. The molecule has 206 valence electrons. The summed E-state index contributed by atoms with van der Waals surface area (Å²) in [5, 5.41) is 2.44. The zero-order chi connectivity index (χ0) is 28.3. The highest BCUT2D eigenvalue weighted by atomic mass is 19.4. The molecule has 1 amide bonds. The molecule has 0 aromatic heterocycles. The molecule has 2 aromatic carbocycles. The summed E-state index contributed by atoms with van der Waals surface area (Å²) < 4.78 is 94.8. The van der Waals surface area contributed by atoms with Gasteiger partial charge in [-0.1, -0.05) is 18.2 Å². The van der Waals surface area contributed by atoms with Gasteiger partial charge in [0.25, 0.3) is 5.91 Å². The summed E-state index contributed by atoms with van der Waals surface area (Å²) >= 11 is 0. The van der Waals surface area contributed by atoms with E-state index in [-0.39, 0.29) is 19.1 Å². The maximum Gasteiger partial charge on any atom is 0.416 e. The normalized spacial score (nSPS) is 18.1. The largest absolute Gasteiger partial charge is 0.493 e. The molecular formula is C26H25F6NO5. The van der Waals surface area contributed by atoms with Gasteiger partial charge in [0.15, 0.2) is 11.5 Å². The number of nitrogens with one attached hydrogen (secondary N) is 1. The maximum atomic E-state index is 13.2. The van der Waals surface area contributed by atoms with E-state index >= 15 is 0 Å². The zero-order valence-electron chi connectivity index (χ0n) is 20.6. The minimum absolute atomic E-state index is 0.0463. The second-order valence-corrected chi connectivity index (χ2v) is 8.50. The van der Waals surface area contributed by atoms with Gasteiger partial charge in [-0.2, -0.15) is 26.3 Å². The molecule has 0 unspecified atom stereocenters. The number of amides is 1. The van der Waals surface area contributed by atoms with Crippen molar-refractivity contribution in [1.82, 2.24) is 5.32 Å². The Kier molecular flexibility index (Phi) is 8.63. The van der Waals surface area contributed by atoms with Gasteiger partial charge in [0.1, 0.15) is 0 Å². The topological polar surface area (TPSA) is 73.9 Å². The number of hydrogen-bond acceptors (Lipinski definition) is 5. The fraction of sp³-hybridized carbons (Fsp3) is 0.385. The summed E-state index contributed by atoms with van der Waals surface area (Å²) in [5.41, 5.74) is -3.43. The number of ether oxygens (including phenoxy) is 3. The second-order valence-electron chi connectivity index (χ2n) is 8.50. The number of methoxy groups -OCH3 is 2. The lowest BCUT2D eigenvalue weighted by Gasteiger charge is -2.23. The lowest BCUT2D eigenvalue weighted by atomic mass is 9.85. The lowest BCUT2D eigenvalue weighted by molar-refractivity contribution is -0.146. The Morgan fingerprint density at radius 2 is 1.53 bits per heavy atom. The Morgan fingerprint density at radius 1 is 0.921 bits per heavy atom. The molecule has 0 aliphatic heterocycles. The van der Waals surface area contributed by atoms with Gasteiger partial charge < -0.3 is 19.5 Å². The van der Waals surface area contributed by atoms with Crippen LogP contribution in [0.1, 0.15) is 46.3 Å². The molecule has 1 aliphatic carbocycles. The highest BCUT2D eigenvalue weighted by Gasteiger charge is 2.38. The van der Waals surface area contributed by atoms with Crippen LogP contribution in [0.25, 0.3) is 0 Å². The van der Waals surface area contributed by atoms with Gasteiger partial charge in [0, 0.05) is 11.6 Å². The van der Waals surface area contributed by atoms with Crippen molar-refractivity contribution in [2.24, 2.45) is 5.92 Å². The highest BCUT2D eigenvalue weighted by Crippen LogP contribution is 2.39. The van der Waals surface area contributed by atoms with Crippen molar-refractivity contribution >= 4 is 11.9 Å². The molecular weight excluding hydrogens is 520 g/mol. The van der Waals surface area contributed by atoms with Gasteiger partial charge in [-0.05, 0) is 55.2 Å². The molecule has 1 N–H and O–H groups in total. The van der Waals surface area contributed by atoms with Crippen molar-refractivity contribution in [1.29, 1.82) is 0 Å². The minimum atomic E-state index is -5.08. The summed E-state index contributed by atoms with van der Waals surface area (Å²) in [6, 6.07) is 4.82. The molecule has 0 saturated heterocycles. The Balaban J connectivity index is 1.84. The Bertz CT molecular complexity index is 1180. The molecule has 0 saturated carbocycles. The van der Waals surface area contributed by atoms with Crippen molar-refractivity contribution in [3.05, 3.63) is 70.8 Å². The molecule has 3 rings (SSSR count). The first-order chi connectivity index (χ1) is 17.8.